The molecule has 0 saturated carbocycles. The molecule has 4 heteroatoms. The topological polar surface area (TPSA) is 32.9 Å². The second-order valence-corrected chi connectivity index (χ2v) is 4.72. The van der Waals surface area contributed by atoms with Crippen LogP contribution in [-0.2, 0) is 12.3 Å². The molecule has 0 saturated heterocycles. The van der Waals surface area contributed by atoms with E-state index in [1.165, 1.54) is 0 Å². The highest BCUT2D eigenvalue weighted by molar-refractivity contribution is 6.32. The zero-order valence-corrected chi connectivity index (χ0v) is 11.2. The minimum Gasteiger partial charge on any atom is -0.322 e. The molecule has 0 bridgehead atoms. The molecular formula is C13H13Cl2NO. The number of benzene rings is 1. The summed E-state index contributed by atoms with van der Waals surface area (Å²) in [5.41, 5.74) is 3.33. The molecule has 0 radical (unpaired) electrons. The number of hydrogen-bond acceptors (Lipinski definition) is 1. The SMILES string of the molecule is CCc1c(CCl)c2cc(C)c(Cl)cc2[nH]c1=O. The number of H-pyrrole nitrogens is 1. The van der Waals surface area contributed by atoms with Gasteiger partial charge in [-0.05, 0) is 36.6 Å². The Morgan fingerprint density at radius 3 is 2.59 bits per heavy atom. The summed E-state index contributed by atoms with van der Waals surface area (Å²) in [4.78, 5) is 14.7. The first-order valence-corrected chi connectivity index (χ1v) is 6.39. The van der Waals surface area contributed by atoms with Crippen molar-refractivity contribution in [2.24, 2.45) is 0 Å². The van der Waals surface area contributed by atoms with Gasteiger partial charge < -0.3 is 4.98 Å². The number of fused-ring (bicyclic) bond motifs is 1. The van der Waals surface area contributed by atoms with Gasteiger partial charge in [0.15, 0.2) is 0 Å². The molecule has 0 aliphatic rings. The first kappa shape index (κ1) is 12.5. The van der Waals surface area contributed by atoms with Crippen LogP contribution in [-0.4, -0.2) is 4.98 Å². The smallest absolute Gasteiger partial charge is 0.251 e. The highest BCUT2D eigenvalue weighted by atomic mass is 35.5. The number of rotatable bonds is 2. The summed E-state index contributed by atoms with van der Waals surface area (Å²) < 4.78 is 0. The van der Waals surface area contributed by atoms with Crippen LogP contribution in [0.2, 0.25) is 5.02 Å². The lowest BCUT2D eigenvalue weighted by Crippen LogP contribution is -2.15. The Bertz CT molecular complexity index is 631. The van der Waals surface area contributed by atoms with E-state index >= 15 is 0 Å². The van der Waals surface area contributed by atoms with Crippen LogP contribution in [0.1, 0.15) is 23.6 Å². The number of nitrogens with one attached hydrogen (secondary N) is 1. The molecule has 1 aromatic heterocycles. The standard InChI is InChI=1S/C13H13Cl2NO/c1-3-8-10(6-14)9-4-7(2)11(15)5-12(9)16-13(8)17/h4-5H,3,6H2,1-2H3,(H,16,17). The zero-order valence-electron chi connectivity index (χ0n) is 9.73. The van der Waals surface area contributed by atoms with Gasteiger partial charge in [-0.15, -0.1) is 11.6 Å². The molecule has 1 heterocycles. The molecule has 0 aliphatic heterocycles. The molecule has 2 rings (SSSR count). The summed E-state index contributed by atoms with van der Waals surface area (Å²) in [6, 6.07) is 3.76. The molecule has 17 heavy (non-hydrogen) atoms. The fourth-order valence-electron chi connectivity index (χ4n) is 2.06. The van der Waals surface area contributed by atoms with Gasteiger partial charge in [-0.3, -0.25) is 4.79 Å². The van der Waals surface area contributed by atoms with E-state index in [0.29, 0.717) is 17.3 Å². The van der Waals surface area contributed by atoms with Crippen molar-refractivity contribution in [1.29, 1.82) is 0 Å². The Balaban J connectivity index is 2.94. The van der Waals surface area contributed by atoms with E-state index in [0.717, 1.165) is 27.6 Å². The lowest BCUT2D eigenvalue weighted by Gasteiger charge is -2.10. The first-order valence-electron chi connectivity index (χ1n) is 5.48. The van der Waals surface area contributed by atoms with Crippen molar-refractivity contribution in [2.75, 3.05) is 0 Å². The molecule has 0 spiro atoms. The van der Waals surface area contributed by atoms with Crippen LogP contribution in [0.15, 0.2) is 16.9 Å². The summed E-state index contributed by atoms with van der Waals surface area (Å²) in [6.07, 6.45) is 0.676. The lowest BCUT2D eigenvalue weighted by molar-refractivity contribution is 1.05. The summed E-state index contributed by atoms with van der Waals surface area (Å²) in [5, 5.41) is 1.64. The van der Waals surface area contributed by atoms with E-state index in [1.54, 1.807) is 6.07 Å². The molecule has 90 valence electrons. The van der Waals surface area contributed by atoms with Crippen molar-refractivity contribution in [3.05, 3.63) is 44.2 Å². The highest BCUT2D eigenvalue weighted by Gasteiger charge is 2.11. The maximum absolute atomic E-state index is 11.9. The first-order chi connectivity index (χ1) is 8.08. The summed E-state index contributed by atoms with van der Waals surface area (Å²) in [7, 11) is 0. The number of aromatic nitrogens is 1. The fraction of sp³-hybridized carbons (Fsp3) is 0.308. The van der Waals surface area contributed by atoms with Gasteiger partial charge in [-0.1, -0.05) is 18.5 Å². The van der Waals surface area contributed by atoms with Crippen LogP contribution in [0.4, 0.5) is 0 Å². The van der Waals surface area contributed by atoms with Crippen molar-refractivity contribution in [3.8, 4) is 0 Å². The number of aromatic amines is 1. The van der Waals surface area contributed by atoms with Crippen molar-refractivity contribution in [1.82, 2.24) is 4.98 Å². The van der Waals surface area contributed by atoms with Crippen molar-refractivity contribution in [3.63, 3.8) is 0 Å². The van der Waals surface area contributed by atoms with Crippen molar-refractivity contribution >= 4 is 34.1 Å². The molecule has 0 amide bonds. The number of halogens is 2. The van der Waals surface area contributed by atoms with Crippen molar-refractivity contribution < 1.29 is 0 Å². The average molecular weight is 270 g/mol. The van der Waals surface area contributed by atoms with Crippen LogP contribution >= 0.6 is 23.2 Å². The summed E-state index contributed by atoms with van der Waals surface area (Å²) in [5.74, 6) is 0.338. The minimum atomic E-state index is -0.0735. The predicted octanol–water partition coefficient (Wildman–Crippen LogP) is 3.79. The van der Waals surface area contributed by atoms with Gasteiger partial charge in [0.25, 0.3) is 5.56 Å². The summed E-state index contributed by atoms with van der Waals surface area (Å²) in [6.45, 7) is 3.89. The fourth-order valence-corrected chi connectivity index (χ4v) is 2.53. The van der Waals surface area contributed by atoms with Gasteiger partial charge >= 0.3 is 0 Å². The third kappa shape index (κ3) is 2.07. The number of hydrogen-bond donors (Lipinski definition) is 1. The van der Waals surface area contributed by atoms with Crippen LogP contribution in [0.5, 0.6) is 0 Å². The second-order valence-electron chi connectivity index (χ2n) is 4.05. The Morgan fingerprint density at radius 2 is 2.00 bits per heavy atom. The van der Waals surface area contributed by atoms with Crippen LogP contribution < -0.4 is 5.56 Å². The third-order valence-corrected chi connectivity index (χ3v) is 3.67. The van der Waals surface area contributed by atoms with E-state index in [9.17, 15) is 4.79 Å². The van der Waals surface area contributed by atoms with Gasteiger partial charge in [0.05, 0.1) is 5.52 Å². The molecule has 0 aliphatic carbocycles. The van der Waals surface area contributed by atoms with Crippen LogP contribution in [0.25, 0.3) is 10.9 Å². The van der Waals surface area contributed by atoms with Crippen molar-refractivity contribution in [2.45, 2.75) is 26.1 Å². The molecule has 0 unspecified atom stereocenters. The van der Waals surface area contributed by atoms with Crippen LogP contribution in [0, 0.1) is 6.92 Å². The number of pyridine rings is 1. The number of alkyl halides is 1. The molecule has 1 aromatic carbocycles. The molecule has 0 fully saturated rings. The Labute approximate surface area is 110 Å². The predicted molar refractivity (Wildman–Crippen MR) is 73.3 cm³/mol. The van der Waals surface area contributed by atoms with E-state index in [2.05, 4.69) is 4.98 Å². The maximum atomic E-state index is 11.9. The number of aryl methyl sites for hydroxylation is 1. The Morgan fingerprint density at radius 1 is 1.29 bits per heavy atom. The minimum absolute atomic E-state index is 0.0735. The maximum Gasteiger partial charge on any atom is 0.251 e. The third-order valence-electron chi connectivity index (χ3n) is 3.00. The van der Waals surface area contributed by atoms with Crippen LogP contribution in [0.3, 0.4) is 0 Å². The van der Waals surface area contributed by atoms with Gasteiger partial charge in [0, 0.05) is 21.9 Å². The Hall–Kier alpha value is -0.990. The lowest BCUT2D eigenvalue weighted by atomic mass is 10.0. The quantitative estimate of drug-likeness (QED) is 0.827. The van der Waals surface area contributed by atoms with E-state index in [1.807, 2.05) is 19.9 Å². The second kappa shape index (κ2) is 4.71. The molecule has 2 aromatic rings. The van der Waals surface area contributed by atoms with E-state index < -0.39 is 0 Å². The largest absolute Gasteiger partial charge is 0.322 e. The Kier molecular flexibility index (Phi) is 3.45. The molecule has 1 N–H and O–H groups in total. The van der Waals surface area contributed by atoms with Gasteiger partial charge in [-0.2, -0.15) is 0 Å². The van der Waals surface area contributed by atoms with E-state index in [-0.39, 0.29) is 5.56 Å². The van der Waals surface area contributed by atoms with Gasteiger partial charge in [-0.25, -0.2) is 0 Å². The monoisotopic (exact) mass is 269 g/mol. The average Bonchev–Trinajstić information content (AvgIpc) is 2.30. The van der Waals surface area contributed by atoms with Gasteiger partial charge in [0.1, 0.15) is 0 Å². The zero-order chi connectivity index (χ0) is 12.6. The summed E-state index contributed by atoms with van der Waals surface area (Å²) >= 11 is 12.0. The van der Waals surface area contributed by atoms with E-state index in [4.69, 9.17) is 23.2 Å². The normalized spacial score (nSPS) is 11.1. The molecular weight excluding hydrogens is 257 g/mol. The highest BCUT2D eigenvalue weighted by Crippen LogP contribution is 2.26. The molecule has 0 atom stereocenters. The molecule has 2 nitrogen and oxygen atoms in total. The van der Waals surface area contributed by atoms with Gasteiger partial charge in [0.2, 0.25) is 0 Å².